The van der Waals surface area contributed by atoms with E-state index in [0.29, 0.717) is 31.3 Å². The molecule has 8 heteroatoms. The van der Waals surface area contributed by atoms with Crippen molar-refractivity contribution in [3.8, 4) is 11.8 Å². The Kier molecular flexibility index (Phi) is 4.95. The second-order valence-corrected chi connectivity index (χ2v) is 6.24. The van der Waals surface area contributed by atoms with E-state index < -0.39 is 11.9 Å². The Balaban J connectivity index is 1.58. The van der Waals surface area contributed by atoms with Crippen molar-refractivity contribution in [3.05, 3.63) is 47.0 Å². The van der Waals surface area contributed by atoms with Gasteiger partial charge in [0, 0.05) is 43.0 Å². The number of rotatable bonds is 1. The van der Waals surface area contributed by atoms with Crippen LogP contribution in [-0.2, 0) is 11.0 Å². The molecular formula is C17H14F3N3OS. The first-order valence-electron chi connectivity index (χ1n) is 7.57. The second kappa shape index (κ2) is 7.15. The van der Waals surface area contributed by atoms with E-state index in [1.165, 1.54) is 0 Å². The van der Waals surface area contributed by atoms with Gasteiger partial charge in [0.05, 0.1) is 0 Å². The molecule has 0 radical (unpaired) electrons. The first-order chi connectivity index (χ1) is 11.9. The molecule has 1 aromatic heterocycles. The summed E-state index contributed by atoms with van der Waals surface area (Å²) in [4.78, 5) is 19.1. The van der Waals surface area contributed by atoms with E-state index in [4.69, 9.17) is 0 Å². The predicted octanol–water partition coefficient (Wildman–Crippen LogP) is 2.86. The van der Waals surface area contributed by atoms with Crippen LogP contribution in [0.2, 0.25) is 0 Å². The number of aromatic nitrogens is 1. The lowest BCUT2D eigenvalue weighted by Gasteiger charge is -2.33. The second-order valence-electron chi connectivity index (χ2n) is 5.41. The summed E-state index contributed by atoms with van der Waals surface area (Å²) in [6.07, 6.45) is -4.43. The van der Waals surface area contributed by atoms with Crippen LogP contribution in [0.5, 0.6) is 0 Å². The van der Waals surface area contributed by atoms with Gasteiger partial charge in [-0.1, -0.05) is 24.1 Å². The van der Waals surface area contributed by atoms with Gasteiger partial charge in [-0.15, -0.1) is 11.3 Å². The molecule has 0 saturated carbocycles. The lowest BCUT2D eigenvalue weighted by atomic mass is 10.2. The highest BCUT2D eigenvalue weighted by Gasteiger charge is 2.34. The van der Waals surface area contributed by atoms with Crippen molar-refractivity contribution in [2.45, 2.75) is 6.18 Å². The Morgan fingerprint density at radius 1 is 1.12 bits per heavy atom. The van der Waals surface area contributed by atoms with Crippen LogP contribution in [-0.4, -0.2) is 42.0 Å². The number of carbonyl (C=O) groups excluding carboxylic acids is 1. The fraction of sp³-hybridized carbons (Fsp3) is 0.294. The van der Waals surface area contributed by atoms with E-state index >= 15 is 0 Å². The van der Waals surface area contributed by atoms with Gasteiger partial charge >= 0.3 is 6.18 Å². The third kappa shape index (κ3) is 4.31. The fourth-order valence-electron chi connectivity index (χ4n) is 2.37. The molecule has 1 fully saturated rings. The van der Waals surface area contributed by atoms with Gasteiger partial charge in [-0.3, -0.25) is 4.79 Å². The van der Waals surface area contributed by atoms with Crippen LogP contribution < -0.4 is 4.90 Å². The van der Waals surface area contributed by atoms with E-state index in [2.05, 4.69) is 16.8 Å². The lowest BCUT2D eigenvalue weighted by molar-refractivity contribution is -0.140. The molecule has 0 atom stereocenters. The Morgan fingerprint density at radius 3 is 2.40 bits per heavy atom. The molecule has 1 aliphatic rings. The number of hydrogen-bond acceptors (Lipinski definition) is 4. The quantitative estimate of drug-likeness (QED) is 0.730. The highest BCUT2D eigenvalue weighted by atomic mass is 32.1. The normalized spacial score (nSPS) is 14.8. The summed E-state index contributed by atoms with van der Waals surface area (Å²) in [5.41, 5.74) is -0.114. The Morgan fingerprint density at radius 2 is 1.80 bits per heavy atom. The van der Waals surface area contributed by atoms with E-state index in [1.807, 2.05) is 30.3 Å². The number of carbonyl (C=O) groups is 1. The topological polar surface area (TPSA) is 36.4 Å². The van der Waals surface area contributed by atoms with E-state index in [-0.39, 0.29) is 5.91 Å². The Labute approximate surface area is 146 Å². The van der Waals surface area contributed by atoms with Crippen LogP contribution in [0.4, 0.5) is 18.3 Å². The first-order valence-corrected chi connectivity index (χ1v) is 8.45. The van der Waals surface area contributed by atoms with E-state index in [1.54, 1.807) is 9.80 Å². The third-order valence-electron chi connectivity index (χ3n) is 3.71. The summed E-state index contributed by atoms with van der Waals surface area (Å²) < 4.78 is 37.9. The largest absolute Gasteiger partial charge is 0.434 e. The zero-order valence-corrected chi connectivity index (χ0v) is 13.9. The lowest BCUT2D eigenvalue weighted by Crippen LogP contribution is -2.48. The van der Waals surface area contributed by atoms with Gasteiger partial charge in [-0.05, 0) is 12.1 Å². The number of anilines is 1. The number of nitrogens with zero attached hydrogens (tertiary/aromatic N) is 3. The van der Waals surface area contributed by atoms with E-state index in [9.17, 15) is 18.0 Å². The fourth-order valence-corrected chi connectivity index (χ4v) is 3.25. The van der Waals surface area contributed by atoms with Gasteiger partial charge in [0.2, 0.25) is 0 Å². The molecule has 3 rings (SSSR count). The van der Waals surface area contributed by atoms with E-state index in [0.717, 1.165) is 22.3 Å². The minimum Gasteiger partial charge on any atom is -0.345 e. The molecule has 0 unspecified atom stereocenters. The molecular weight excluding hydrogens is 351 g/mol. The number of amides is 1. The zero-order chi connectivity index (χ0) is 17.9. The number of hydrogen-bond donors (Lipinski definition) is 0. The maximum Gasteiger partial charge on any atom is 0.434 e. The maximum atomic E-state index is 12.6. The van der Waals surface area contributed by atoms with Crippen molar-refractivity contribution in [2.75, 3.05) is 31.1 Å². The van der Waals surface area contributed by atoms with Gasteiger partial charge < -0.3 is 9.80 Å². The van der Waals surface area contributed by atoms with Crippen molar-refractivity contribution in [2.24, 2.45) is 0 Å². The first kappa shape index (κ1) is 17.3. The van der Waals surface area contributed by atoms with Crippen LogP contribution in [0.1, 0.15) is 11.3 Å². The summed E-state index contributed by atoms with van der Waals surface area (Å²) in [6.45, 7) is 1.68. The van der Waals surface area contributed by atoms with Crippen molar-refractivity contribution >= 4 is 22.4 Å². The monoisotopic (exact) mass is 365 g/mol. The number of benzene rings is 1. The summed E-state index contributed by atoms with van der Waals surface area (Å²) in [5, 5.41) is 1.34. The summed E-state index contributed by atoms with van der Waals surface area (Å²) >= 11 is 0.964. The molecule has 4 nitrogen and oxygen atoms in total. The minimum absolute atomic E-state index is 0.279. The smallest absolute Gasteiger partial charge is 0.345 e. The minimum atomic E-state index is -4.43. The predicted molar refractivity (Wildman–Crippen MR) is 89.2 cm³/mol. The molecule has 130 valence electrons. The Bertz CT molecular complexity index is 800. The van der Waals surface area contributed by atoms with Crippen LogP contribution in [0.15, 0.2) is 35.7 Å². The van der Waals surface area contributed by atoms with Gasteiger partial charge in [-0.2, -0.15) is 13.2 Å². The highest BCUT2D eigenvalue weighted by molar-refractivity contribution is 7.13. The van der Waals surface area contributed by atoms with Crippen molar-refractivity contribution in [3.63, 3.8) is 0 Å². The summed E-state index contributed by atoms with van der Waals surface area (Å²) in [5.74, 6) is 5.14. The molecule has 1 aromatic carbocycles. The zero-order valence-electron chi connectivity index (χ0n) is 13.1. The molecule has 25 heavy (non-hydrogen) atoms. The molecule has 2 heterocycles. The molecule has 0 spiro atoms. The van der Waals surface area contributed by atoms with Crippen molar-refractivity contribution in [1.29, 1.82) is 0 Å². The molecule has 0 aliphatic carbocycles. The molecule has 2 aromatic rings. The Hall–Kier alpha value is -2.53. The number of thiazole rings is 1. The standard InChI is InChI=1S/C17H14F3N3OS/c18-17(19,20)14-12-25-16(21-14)23-10-8-22(9-11-23)15(24)7-6-13-4-2-1-3-5-13/h1-5,12H,8-11H2. The van der Waals surface area contributed by atoms with Crippen LogP contribution in [0, 0.1) is 11.8 Å². The molecule has 1 saturated heterocycles. The SMILES string of the molecule is O=C(C#Cc1ccccc1)N1CCN(c2nc(C(F)(F)F)cs2)CC1. The van der Waals surface area contributed by atoms with Gasteiger partial charge in [0.25, 0.3) is 5.91 Å². The van der Waals surface area contributed by atoms with Gasteiger partial charge in [0.1, 0.15) is 0 Å². The van der Waals surface area contributed by atoms with Gasteiger partial charge in [-0.25, -0.2) is 4.98 Å². The number of halogens is 3. The maximum absolute atomic E-state index is 12.6. The van der Waals surface area contributed by atoms with Gasteiger partial charge in [0.15, 0.2) is 10.8 Å². The van der Waals surface area contributed by atoms with Crippen molar-refractivity contribution in [1.82, 2.24) is 9.88 Å². The third-order valence-corrected chi connectivity index (χ3v) is 4.61. The van der Waals surface area contributed by atoms with Crippen molar-refractivity contribution < 1.29 is 18.0 Å². The van der Waals surface area contributed by atoms with Crippen LogP contribution in [0.3, 0.4) is 0 Å². The highest BCUT2D eigenvalue weighted by Crippen LogP contribution is 2.33. The molecule has 0 bridgehead atoms. The van der Waals surface area contributed by atoms with Crippen LogP contribution in [0.25, 0.3) is 0 Å². The molecule has 1 amide bonds. The average Bonchev–Trinajstić information content (AvgIpc) is 3.11. The molecule has 0 N–H and O–H groups in total. The summed E-state index contributed by atoms with van der Waals surface area (Å²) in [6, 6.07) is 9.19. The van der Waals surface area contributed by atoms with Crippen LogP contribution >= 0.6 is 11.3 Å². The number of piperazine rings is 1. The molecule has 1 aliphatic heterocycles. The number of alkyl halides is 3. The average molecular weight is 365 g/mol. The summed E-state index contributed by atoms with van der Waals surface area (Å²) in [7, 11) is 0.